The van der Waals surface area contributed by atoms with Crippen molar-refractivity contribution in [2.24, 2.45) is 0 Å². The molecule has 4 heteroatoms. The molecular formula is C15H11ClO2S. The molecular weight excluding hydrogens is 280 g/mol. The third-order valence-corrected chi connectivity index (χ3v) is 4.17. The Morgan fingerprint density at radius 3 is 2.00 bits per heavy atom. The van der Waals surface area contributed by atoms with E-state index in [9.17, 15) is 9.00 Å². The van der Waals surface area contributed by atoms with Gasteiger partial charge in [0.05, 0.1) is 10.8 Å². The molecule has 0 radical (unpaired) electrons. The average molecular weight is 291 g/mol. The molecule has 2 aromatic rings. The molecule has 0 aliphatic rings. The maximum absolute atomic E-state index is 12.3. The lowest BCUT2D eigenvalue weighted by Gasteiger charge is -2.03. The predicted molar refractivity (Wildman–Crippen MR) is 78.1 cm³/mol. The zero-order valence-electron chi connectivity index (χ0n) is 9.95. The fourth-order valence-electron chi connectivity index (χ4n) is 1.55. The summed E-state index contributed by atoms with van der Waals surface area (Å²) in [4.78, 5) is 12.1. The lowest BCUT2D eigenvalue weighted by molar-refractivity contribution is -0.107. The molecule has 0 aliphatic heterocycles. The Morgan fingerprint density at radius 2 is 1.47 bits per heavy atom. The zero-order valence-corrected chi connectivity index (χ0v) is 11.5. The number of allylic oxidation sites excluding steroid dienone is 1. The summed E-state index contributed by atoms with van der Waals surface area (Å²) in [6.45, 7) is 0. The van der Waals surface area contributed by atoms with Gasteiger partial charge in [-0.1, -0.05) is 48.5 Å². The van der Waals surface area contributed by atoms with E-state index < -0.39 is 16.0 Å². The largest absolute Gasteiger partial charge is 0.275 e. The Labute approximate surface area is 119 Å². The monoisotopic (exact) mass is 290 g/mol. The zero-order chi connectivity index (χ0) is 13.7. The lowest BCUT2D eigenvalue weighted by Crippen LogP contribution is -2.02. The van der Waals surface area contributed by atoms with Crippen LogP contribution in [0.5, 0.6) is 0 Å². The third kappa shape index (κ3) is 3.63. The van der Waals surface area contributed by atoms with Gasteiger partial charge in [-0.05, 0) is 35.4 Å². The topological polar surface area (TPSA) is 34.1 Å². The predicted octanol–water partition coefficient (Wildman–Crippen LogP) is 3.60. The van der Waals surface area contributed by atoms with Gasteiger partial charge in [0.25, 0.3) is 5.24 Å². The molecule has 1 atom stereocenters. The summed E-state index contributed by atoms with van der Waals surface area (Å²) in [6.07, 6.45) is 1.55. The lowest BCUT2D eigenvalue weighted by atomic mass is 10.2. The average Bonchev–Trinajstić information content (AvgIpc) is 2.46. The molecule has 0 saturated carbocycles. The maximum Gasteiger partial charge on any atom is 0.261 e. The molecule has 0 N–H and O–H groups in total. The minimum atomic E-state index is -1.57. The fourth-order valence-corrected chi connectivity index (χ4v) is 2.87. The van der Waals surface area contributed by atoms with Crippen LogP contribution in [0, 0.1) is 0 Å². The second-order valence-corrected chi connectivity index (χ2v) is 5.57. The smallest absolute Gasteiger partial charge is 0.261 e. The number of benzene rings is 2. The van der Waals surface area contributed by atoms with Gasteiger partial charge in [0, 0.05) is 4.90 Å². The van der Waals surface area contributed by atoms with E-state index >= 15 is 0 Å². The van der Waals surface area contributed by atoms with Gasteiger partial charge >= 0.3 is 0 Å². The summed E-state index contributed by atoms with van der Waals surface area (Å²) in [6, 6.07) is 18.0. The first-order valence-electron chi connectivity index (χ1n) is 5.62. The Hall–Kier alpha value is -1.71. The highest BCUT2D eigenvalue weighted by Crippen LogP contribution is 2.19. The molecule has 0 saturated heterocycles. The van der Waals surface area contributed by atoms with Gasteiger partial charge in [-0.3, -0.25) is 4.79 Å². The highest BCUT2D eigenvalue weighted by molar-refractivity contribution is 7.90. The SMILES string of the molecule is O=C(Cl)/C(=C/c1ccccc1)S(=O)c1ccccc1. The molecule has 0 spiro atoms. The van der Waals surface area contributed by atoms with Crippen LogP contribution in [0.25, 0.3) is 6.08 Å². The van der Waals surface area contributed by atoms with E-state index in [0.717, 1.165) is 5.56 Å². The van der Waals surface area contributed by atoms with Crippen molar-refractivity contribution < 1.29 is 9.00 Å². The van der Waals surface area contributed by atoms with E-state index in [-0.39, 0.29) is 4.91 Å². The molecule has 0 bridgehead atoms. The van der Waals surface area contributed by atoms with Crippen LogP contribution in [-0.2, 0) is 15.6 Å². The Bertz CT molecular complexity index is 621. The van der Waals surface area contributed by atoms with E-state index in [1.54, 1.807) is 30.3 Å². The van der Waals surface area contributed by atoms with Crippen LogP contribution < -0.4 is 0 Å². The standard InChI is InChI=1S/C15H11ClO2S/c16-15(17)14(11-12-7-3-1-4-8-12)19(18)13-9-5-2-6-10-13/h1-11H/b14-11-. The molecule has 0 aromatic heterocycles. The van der Waals surface area contributed by atoms with Crippen LogP contribution in [0.3, 0.4) is 0 Å². The maximum atomic E-state index is 12.3. The summed E-state index contributed by atoms with van der Waals surface area (Å²) >= 11 is 5.54. The number of hydrogen-bond acceptors (Lipinski definition) is 2. The van der Waals surface area contributed by atoms with Crippen molar-refractivity contribution in [2.45, 2.75) is 4.90 Å². The van der Waals surface area contributed by atoms with Gasteiger partial charge in [-0.2, -0.15) is 0 Å². The third-order valence-electron chi connectivity index (χ3n) is 2.45. The summed E-state index contributed by atoms with van der Waals surface area (Å²) < 4.78 is 12.3. The van der Waals surface area contributed by atoms with Gasteiger partial charge in [0.1, 0.15) is 4.91 Å². The Morgan fingerprint density at radius 1 is 0.947 bits per heavy atom. The molecule has 2 aromatic carbocycles. The van der Waals surface area contributed by atoms with Crippen LogP contribution in [0.2, 0.25) is 0 Å². The number of hydrogen-bond donors (Lipinski definition) is 0. The molecule has 0 amide bonds. The summed E-state index contributed by atoms with van der Waals surface area (Å²) in [5.74, 6) is 0. The van der Waals surface area contributed by atoms with Gasteiger partial charge in [-0.25, -0.2) is 4.21 Å². The summed E-state index contributed by atoms with van der Waals surface area (Å²) in [7, 11) is -1.57. The summed E-state index contributed by atoms with van der Waals surface area (Å²) in [5, 5.41) is -0.703. The highest BCUT2D eigenvalue weighted by Gasteiger charge is 2.16. The minimum absolute atomic E-state index is 0.0825. The molecule has 0 heterocycles. The van der Waals surface area contributed by atoms with Crippen LogP contribution >= 0.6 is 11.6 Å². The highest BCUT2D eigenvalue weighted by atomic mass is 35.5. The van der Waals surface area contributed by atoms with Gasteiger partial charge < -0.3 is 0 Å². The van der Waals surface area contributed by atoms with Crippen molar-refractivity contribution in [3.8, 4) is 0 Å². The van der Waals surface area contributed by atoms with E-state index in [2.05, 4.69) is 0 Å². The van der Waals surface area contributed by atoms with Crippen molar-refractivity contribution in [1.82, 2.24) is 0 Å². The second-order valence-electron chi connectivity index (χ2n) is 3.77. The number of rotatable bonds is 4. The van der Waals surface area contributed by atoms with Gasteiger partial charge in [0.15, 0.2) is 0 Å². The molecule has 1 unspecified atom stereocenters. The van der Waals surface area contributed by atoms with E-state index in [0.29, 0.717) is 4.90 Å². The molecule has 96 valence electrons. The fraction of sp³-hybridized carbons (Fsp3) is 0. The van der Waals surface area contributed by atoms with Crippen LogP contribution in [0.1, 0.15) is 5.56 Å². The van der Waals surface area contributed by atoms with Gasteiger partial charge in [0.2, 0.25) is 0 Å². The van der Waals surface area contributed by atoms with E-state index in [1.807, 2.05) is 36.4 Å². The Kier molecular flexibility index (Phi) is 4.66. The quantitative estimate of drug-likeness (QED) is 0.637. The number of carbonyl (C=O) groups excluding carboxylic acids is 1. The second kappa shape index (κ2) is 6.45. The number of halogens is 1. The molecule has 19 heavy (non-hydrogen) atoms. The van der Waals surface area contributed by atoms with Crippen molar-refractivity contribution in [3.63, 3.8) is 0 Å². The first-order valence-corrected chi connectivity index (χ1v) is 7.14. The number of carbonyl (C=O) groups is 1. The van der Waals surface area contributed by atoms with Crippen molar-refractivity contribution in [2.75, 3.05) is 0 Å². The van der Waals surface area contributed by atoms with Crippen LogP contribution in [0.15, 0.2) is 70.5 Å². The van der Waals surface area contributed by atoms with Crippen LogP contribution in [-0.4, -0.2) is 9.45 Å². The van der Waals surface area contributed by atoms with Crippen molar-refractivity contribution in [1.29, 1.82) is 0 Å². The van der Waals surface area contributed by atoms with Crippen LogP contribution in [0.4, 0.5) is 0 Å². The van der Waals surface area contributed by atoms with Crippen molar-refractivity contribution in [3.05, 3.63) is 71.1 Å². The first-order chi connectivity index (χ1) is 9.18. The van der Waals surface area contributed by atoms with E-state index in [1.165, 1.54) is 0 Å². The molecule has 0 aliphatic carbocycles. The molecule has 0 fully saturated rings. The molecule has 2 rings (SSSR count). The van der Waals surface area contributed by atoms with E-state index in [4.69, 9.17) is 11.6 Å². The Balaban J connectivity index is 2.40. The molecule has 2 nitrogen and oxygen atoms in total. The normalized spacial score (nSPS) is 13.0. The first kappa shape index (κ1) is 13.7. The van der Waals surface area contributed by atoms with Gasteiger partial charge in [-0.15, -0.1) is 0 Å². The van der Waals surface area contributed by atoms with Crippen molar-refractivity contribution >= 4 is 33.7 Å². The minimum Gasteiger partial charge on any atom is -0.275 e. The summed E-state index contributed by atoms with van der Waals surface area (Å²) in [5.41, 5.74) is 0.788.